The van der Waals surface area contributed by atoms with Crippen LogP contribution in [0.25, 0.3) is 0 Å². The molecule has 2 aromatic rings. The third-order valence-electron chi connectivity index (χ3n) is 8.73. The summed E-state index contributed by atoms with van der Waals surface area (Å²) in [6.45, 7) is 11.4. The van der Waals surface area contributed by atoms with Crippen LogP contribution in [0.4, 0.5) is 13.2 Å². The lowest BCUT2D eigenvalue weighted by Gasteiger charge is -2.37. The summed E-state index contributed by atoms with van der Waals surface area (Å²) in [6, 6.07) is 14.7. The molecule has 1 saturated heterocycles. The molecule has 4 unspecified atom stereocenters. The summed E-state index contributed by atoms with van der Waals surface area (Å²) in [6.07, 6.45) is -4.91. The molecule has 1 aliphatic heterocycles. The summed E-state index contributed by atoms with van der Waals surface area (Å²) in [7, 11) is 0. The molecule has 0 amide bonds. The van der Waals surface area contributed by atoms with E-state index in [1.807, 2.05) is 37.3 Å². The highest BCUT2D eigenvalue weighted by atomic mass is 19.4. The van der Waals surface area contributed by atoms with Gasteiger partial charge in [0.1, 0.15) is 5.60 Å². The fourth-order valence-corrected chi connectivity index (χ4v) is 5.29. The van der Waals surface area contributed by atoms with Crippen molar-refractivity contribution in [1.82, 2.24) is 0 Å². The molecule has 1 fully saturated rings. The molecule has 10 heteroatoms. The number of rotatable bonds is 12. The summed E-state index contributed by atoms with van der Waals surface area (Å²) >= 11 is 0. The summed E-state index contributed by atoms with van der Waals surface area (Å²) in [4.78, 5) is 39.0. The third kappa shape index (κ3) is 7.81. The molecular formula is C34H43F3O7. The molecule has 0 saturated carbocycles. The number of hydrogen-bond donors (Lipinski definition) is 1. The van der Waals surface area contributed by atoms with Gasteiger partial charge in [0, 0.05) is 6.42 Å². The van der Waals surface area contributed by atoms with Gasteiger partial charge in [-0.2, -0.15) is 13.2 Å². The Labute approximate surface area is 257 Å². The van der Waals surface area contributed by atoms with E-state index in [0.717, 1.165) is 5.56 Å². The molecular weight excluding hydrogens is 577 g/mol. The van der Waals surface area contributed by atoms with Crippen molar-refractivity contribution in [3.63, 3.8) is 0 Å². The summed E-state index contributed by atoms with van der Waals surface area (Å²) in [5.41, 5.74) is -5.15. The molecule has 0 aromatic heterocycles. The lowest BCUT2D eigenvalue weighted by Crippen LogP contribution is -2.39. The second kappa shape index (κ2) is 12.9. The fraction of sp³-hybridized carbons (Fsp3) is 0.559. The topological polar surface area (TPSA) is 99.1 Å². The normalized spacial score (nSPS) is 19.3. The van der Waals surface area contributed by atoms with E-state index in [1.54, 1.807) is 34.6 Å². The monoisotopic (exact) mass is 620 g/mol. The molecule has 0 aliphatic carbocycles. The zero-order valence-electron chi connectivity index (χ0n) is 26.4. The number of benzene rings is 2. The molecule has 2 aromatic carbocycles. The summed E-state index contributed by atoms with van der Waals surface area (Å²) in [5.74, 6) is -2.21. The first-order chi connectivity index (χ1) is 20.2. The van der Waals surface area contributed by atoms with Crippen molar-refractivity contribution in [1.29, 1.82) is 0 Å². The molecule has 44 heavy (non-hydrogen) atoms. The molecule has 0 spiro atoms. The maximum Gasteiger partial charge on any atom is 0.421 e. The van der Waals surface area contributed by atoms with E-state index in [0.29, 0.717) is 18.9 Å². The van der Waals surface area contributed by atoms with Crippen molar-refractivity contribution in [2.75, 3.05) is 6.61 Å². The molecule has 242 valence electrons. The van der Waals surface area contributed by atoms with Crippen LogP contribution >= 0.6 is 0 Å². The van der Waals surface area contributed by atoms with Gasteiger partial charge in [-0.3, -0.25) is 9.59 Å². The maximum atomic E-state index is 13.8. The van der Waals surface area contributed by atoms with E-state index in [9.17, 15) is 32.7 Å². The highest BCUT2D eigenvalue weighted by molar-refractivity contribution is 5.83. The van der Waals surface area contributed by atoms with Crippen LogP contribution in [0.1, 0.15) is 96.8 Å². The molecule has 1 N–H and O–H groups in total. The minimum absolute atomic E-state index is 0.146. The van der Waals surface area contributed by atoms with Gasteiger partial charge in [-0.25, -0.2) is 4.79 Å². The number of carbonyl (C=O) groups excluding carboxylic acids is 3. The average Bonchev–Trinajstić information content (AvgIpc) is 3.36. The predicted molar refractivity (Wildman–Crippen MR) is 157 cm³/mol. The van der Waals surface area contributed by atoms with Gasteiger partial charge in [0.15, 0.2) is 5.60 Å². The lowest BCUT2D eigenvalue weighted by atomic mass is 9.70. The van der Waals surface area contributed by atoms with Crippen molar-refractivity contribution in [3.05, 3.63) is 71.3 Å². The van der Waals surface area contributed by atoms with E-state index in [4.69, 9.17) is 14.2 Å². The van der Waals surface area contributed by atoms with E-state index >= 15 is 0 Å². The summed E-state index contributed by atoms with van der Waals surface area (Å²) < 4.78 is 57.0. The first kappa shape index (κ1) is 35.1. The molecule has 3 rings (SSSR count). The molecule has 1 heterocycles. The Morgan fingerprint density at radius 1 is 0.909 bits per heavy atom. The van der Waals surface area contributed by atoms with Gasteiger partial charge in [-0.1, -0.05) is 61.5 Å². The quantitative estimate of drug-likeness (QED) is 0.200. The van der Waals surface area contributed by atoms with Crippen LogP contribution in [0.5, 0.6) is 0 Å². The average molecular weight is 621 g/mol. The van der Waals surface area contributed by atoms with E-state index < -0.39 is 58.1 Å². The lowest BCUT2D eigenvalue weighted by molar-refractivity contribution is -0.258. The highest BCUT2D eigenvalue weighted by Crippen LogP contribution is 2.45. The third-order valence-corrected chi connectivity index (χ3v) is 8.73. The molecule has 0 bridgehead atoms. The number of carbonyl (C=O) groups is 3. The smallest absolute Gasteiger partial charge is 0.421 e. The van der Waals surface area contributed by atoms with Crippen LogP contribution in [0, 0.1) is 10.8 Å². The molecule has 0 radical (unpaired) electrons. The Morgan fingerprint density at radius 3 is 2.00 bits per heavy atom. The van der Waals surface area contributed by atoms with E-state index in [2.05, 4.69) is 0 Å². The number of hydrogen-bond acceptors (Lipinski definition) is 7. The first-order valence-electron chi connectivity index (χ1n) is 14.8. The number of aliphatic hydroxyl groups is 1. The van der Waals surface area contributed by atoms with Crippen LogP contribution in [0.2, 0.25) is 0 Å². The van der Waals surface area contributed by atoms with Crippen molar-refractivity contribution >= 4 is 17.9 Å². The van der Waals surface area contributed by atoms with Crippen LogP contribution in [-0.4, -0.2) is 41.9 Å². The standard InChI is InChI=1S/C34H43F3O7/c1-8-32(6,29(40)44-31(4,5)24-12-10-9-11-13-24)21-23(20-30(2,3)28(39)43-26-18-19-42-27(26)38)22-14-16-25(17-15-22)33(7,41)34(35,36)37/h9-17,23,26,41H,8,18-21H2,1-7H3. The number of halogens is 3. The number of cyclic esters (lactones) is 1. The number of ether oxygens (including phenoxy) is 3. The second-order valence-corrected chi connectivity index (χ2v) is 13.2. The van der Waals surface area contributed by atoms with Crippen LogP contribution in [-0.2, 0) is 39.8 Å². The Balaban J connectivity index is 1.95. The SMILES string of the molecule is CCC(C)(CC(CC(C)(C)C(=O)OC1CCOC1=O)c1ccc(C(C)(O)C(F)(F)F)cc1)C(=O)OC(C)(C)c1ccccc1. The largest absolute Gasteiger partial charge is 0.463 e. The van der Waals surface area contributed by atoms with Gasteiger partial charge >= 0.3 is 24.1 Å². The predicted octanol–water partition coefficient (Wildman–Crippen LogP) is 7.10. The van der Waals surface area contributed by atoms with Crippen LogP contribution in [0.15, 0.2) is 54.6 Å². The minimum atomic E-state index is -4.89. The Hall–Kier alpha value is -3.40. The van der Waals surface area contributed by atoms with Gasteiger partial charge < -0.3 is 19.3 Å². The molecule has 4 atom stereocenters. The Morgan fingerprint density at radius 2 is 1.50 bits per heavy atom. The Bertz CT molecular complexity index is 1320. The number of esters is 3. The zero-order valence-corrected chi connectivity index (χ0v) is 26.4. The van der Waals surface area contributed by atoms with Gasteiger partial charge in [-0.15, -0.1) is 0 Å². The zero-order chi connectivity index (χ0) is 33.1. The van der Waals surface area contributed by atoms with Crippen molar-refractivity contribution < 1.29 is 46.9 Å². The van der Waals surface area contributed by atoms with E-state index in [1.165, 1.54) is 24.3 Å². The van der Waals surface area contributed by atoms with Gasteiger partial charge in [-0.05, 0) is 83.4 Å². The van der Waals surface area contributed by atoms with Gasteiger partial charge in [0.05, 0.1) is 17.4 Å². The summed E-state index contributed by atoms with van der Waals surface area (Å²) in [5, 5.41) is 10.2. The van der Waals surface area contributed by atoms with Crippen molar-refractivity contribution in [2.24, 2.45) is 10.8 Å². The minimum Gasteiger partial charge on any atom is -0.463 e. The fourth-order valence-electron chi connectivity index (χ4n) is 5.29. The first-order valence-corrected chi connectivity index (χ1v) is 14.8. The van der Waals surface area contributed by atoms with Crippen LogP contribution in [0.3, 0.4) is 0 Å². The maximum absolute atomic E-state index is 13.8. The van der Waals surface area contributed by atoms with Gasteiger partial charge in [0.2, 0.25) is 6.10 Å². The molecule has 7 nitrogen and oxygen atoms in total. The Kier molecular flexibility index (Phi) is 10.3. The van der Waals surface area contributed by atoms with Crippen molar-refractivity contribution in [3.8, 4) is 0 Å². The van der Waals surface area contributed by atoms with Crippen LogP contribution < -0.4 is 0 Å². The highest BCUT2D eigenvalue weighted by Gasteiger charge is 2.51. The van der Waals surface area contributed by atoms with E-state index in [-0.39, 0.29) is 31.4 Å². The van der Waals surface area contributed by atoms with Gasteiger partial charge in [0.25, 0.3) is 0 Å². The number of alkyl halides is 3. The molecule has 1 aliphatic rings. The van der Waals surface area contributed by atoms with Crippen molar-refractivity contribution in [2.45, 2.75) is 104 Å². The second-order valence-electron chi connectivity index (χ2n) is 13.2.